The third kappa shape index (κ3) is 3.00. The Labute approximate surface area is 144 Å². The molecule has 3 N–H and O–H groups in total. The quantitative estimate of drug-likeness (QED) is 0.834. The van der Waals surface area contributed by atoms with E-state index < -0.39 is 11.9 Å². The second-order valence-corrected chi connectivity index (χ2v) is 5.49. The van der Waals surface area contributed by atoms with Crippen molar-refractivity contribution in [3.05, 3.63) is 70.6 Å². The lowest BCUT2D eigenvalue weighted by atomic mass is 9.82. The van der Waals surface area contributed by atoms with E-state index in [1.807, 2.05) is 0 Å². The number of nitriles is 1. The summed E-state index contributed by atoms with van der Waals surface area (Å²) in [5, 5.41) is 18.9. The summed E-state index contributed by atoms with van der Waals surface area (Å²) in [7, 11) is 0. The van der Waals surface area contributed by atoms with E-state index in [2.05, 4.69) is 6.07 Å². The van der Waals surface area contributed by atoms with Gasteiger partial charge in [0.1, 0.15) is 17.1 Å². The number of nitrogens with zero attached hydrogens (tertiary/aromatic N) is 1. The Morgan fingerprint density at radius 3 is 2.88 bits per heavy atom. The Bertz CT molecular complexity index is 912. The Balaban J connectivity index is 2.21. The molecule has 25 heavy (non-hydrogen) atoms. The monoisotopic (exact) mass is 336 g/mol. The van der Waals surface area contributed by atoms with Crippen molar-refractivity contribution in [3.63, 3.8) is 0 Å². The Hall–Kier alpha value is -3.46. The van der Waals surface area contributed by atoms with Crippen molar-refractivity contribution < 1.29 is 19.4 Å². The van der Waals surface area contributed by atoms with Crippen LogP contribution in [-0.4, -0.2) is 17.7 Å². The number of rotatable bonds is 3. The number of carbonyl (C=O) groups excluding carboxylic acids is 1. The SMILES string of the molecule is CCOC(=O)C1=C(N)Oc2cc(O)ccc2C1c1cccc(C#N)c1. The van der Waals surface area contributed by atoms with Gasteiger partial charge in [0, 0.05) is 11.6 Å². The van der Waals surface area contributed by atoms with Gasteiger partial charge in [-0.1, -0.05) is 18.2 Å². The largest absolute Gasteiger partial charge is 0.508 e. The van der Waals surface area contributed by atoms with Crippen LogP contribution >= 0.6 is 0 Å². The van der Waals surface area contributed by atoms with Gasteiger partial charge in [0.2, 0.25) is 5.88 Å². The van der Waals surface area contributed by atoms with E-state index in [-0.39, 0.29) is 23.8 Å². The van der Waals surface area contributed by atoms with Crippen LogP contribution in [0.4, 0.5) is 0 Å². The fourth-order valence-electron chi connectivity index (χ4n) is 2.88. The molecule has 0 bridgehead atoms. The molecule has 2 aromatic rings. The van der Waals surface area contributed by atoms with E-state index in [0.29, 0.717) is 22.4 Å². The molecule has 0 radical (unpaired) electrons. The zero-order chi connectivity index (χ0) is 18.0. The van der Waals surface area contributed by atoms with Crippen LogP contribution in [0.2, 0.25) is 0 Å². The first kappa shape index (κ1) is 16.4. The molecule has 0 saturated carbocycles. The van der Waals surface area contributed by atoms with Crippen LogP contribution in [0.1, 0.15) is 29.5 Å². The Morgan fingerprint density at radius 2 is 2.16 bits per heavy atom. The molecule has 1 atom stereocenters. The maximum absolute atomic E-state index is 12.5. The molecule has 0 aromatic heterocycles. The highest BCUT2D eigenvalue weighted by atomic mass is 16.5. The molecule has 6 nitrogen and oxygen atoms in total. The van der Waals surface area contributed by atoms with Gasteiger partial charge in [-0.15, -0.1) is 0 Å². The molecule has 0 amide bonds. The minimum atomic E-state index is -0.578. The van der Waals surface area contributed by atoms with Gasteiger partial charge >= 0.3 is 5.97 Å². The van der Waals surface area contributed by atoms with E-state index in [9.17, 15) is 9.90 Å². The molecule has 2 aromatic carbocycles. The first-order valence-electron chi connectivity index (χ1n) is 7.72. The molecule has 1 aliphatic rings. The Morgan fingerprint density at radius 1 is 1.36 bits per heavy atom. The first-order valence-corrected chi connectivity index (χ1v) is 7.72. The molecule has 6 heteroatoms. The van der Waals surface area contributed by atoms with E-state index >= 15 is 0 Å². The van der Waals surface area contributed by atoms with Gasteiger partial charge in [-0.05, 0) is 30.7 Å². The van der Waals surface area contributed by atoms with Crippen molar-refractivity contribution in [2.75, 3.05) is 6.61 Å². The zero-order valence-electron chi connectivity index (χ0n) is 13.5. The first-order chi connectivity index (χ1) is 12.0. The molecule has 1 heterocycles. The average Bonchev–Trinajstić information content (AvgIpc) is 2.60. The van der Waals surface area contributed by atoms with Crippen molar-refractivity contribution in [2.24, 2.45) is 5.73 Å². The highest BCUT2D eigenvalue weighted by molar-refractivity contribution is 5.92. The lowest BCUT2D eigenvalue weighted by Crippen LogP contribution is -2.27. The minimum Gasteiger partial charge on any atom is -0.508 e. The van der Waals surface area contributed by atoms with Gasteiger partial charge in [-0.25, -0.2) is 4.79 Å². The number of hydrogen-bond acceptors (Lipinski definition) is 6. The van der Waals surface area contributed by atoms with Gasteiger partial charge < -0.3 is 20.3 Å². The number of phenols is 1. The van der Waals surface area contributed by atoms with Crippen LogP contribution in [-0.2, 0) is 9.53 Å². The third-order valence-corrected chi connectivity index (χ3v) is 3.93. The van der Waals surface area contributed by atoms with Crippen LogP contribution in [0.25, 0.3) is 0 Å². The van der Waals surface area contributed by atoms with E-state index in [0.717, 1.165) is 0 Å². The lowest BCUT2D eigenvalue weighted by molar-refractivity contribution is -0.139. The predicted molar refractivity (Wildman–Crippen MR) is 89.6 cm³/mol. The summed E-state index contributed by atoms with van der Waals surface area (Å²) < 4.78 is 10.7. The lowest BCUT2D eigenvalue weighted by Gasteiger charge is -2.28. The van der Waals surface area contributed by atoms with Crippen molar-refractivity contribution in [1.82, 2.24) is 0 Å². The summed E-state index contributed by atoms with van der Waals surface area (Å²) in [5.41, 5.74) is 7.99. The van der Waals surface area contributed by atoms with E-state index in [4.69, 9.17) is 20.5 Å². The molecule has 0 saturated heterocycles. The summed E-state index contributed by atoms with van der Waals surface area (Å²) in [4.78, 5) is 12.5. The standard InChI is InChI=1S/C19H16N2O4/c1-2-24-19(23)17-16(12-5-3-4-11(8-12)10-20)14-7-6-13(22)9-15(14)25-18(17)21/h3-9,16,22H,2,21H2,1H3. The predicted octanol–water partition coefficient (Wildman–Crippen LogP) is 2.52. The summed E-state index contributed by atoms with van der Waals surface area (Å²) in [6, 6.07) is 13.6. The van der Waals surface area contributed by atoms with Crippen molar-refractivity contribution in [2.45, 2.75) is 12.8 Å². The van der Waals surface area contributed by atoms with Gasteiger partial charge in [0.15, 0.2) is 0 Å². The number of benzene rings is 2. The summed E-state index contributed by atoms with van der Waals surface area (Å²) in [6.45, 7) is 1.90. The Kier molecular flexibility index (Phi) is 4.31. The molecule has 0 aliphatic carbocycles. The summed E-state index contributed by atoms with van der Waals surface area (Å²) in [6.07, 6.45) is 0. The van der Waals surface area contributed by atoms with Crippen LogP contribution < -0.4 is 10.5 Å². The maximum atomic E-state index is 12.5. The smallest absolute Gasteiger partial charge is 0.340 e. The minimum absolute atomic E-state index is 0.0238. The number of esters is 1. The number of carbonyl (C=O) groups is 1. The maximum Gasteiger partial charge on any atom is 0.340 e. The number of phenolic OH excluding ortho intramolecular Hbond substituents is 1. The summed E-state index contributed by atoms with van der Waals surface area (Å²) >= 11 is 0. The van der Waals surface area contributed by atoms with Gasteiger partial charge in [0.25, 0.3) is 0 Å². The highest BCUT2D eigenvalue weighted by Gasteiger charge is 2.35. The molecule has 3 rings (SSSR count). The molecular formula is C19H16N2O4. The third-order valence-electron chi connectivity index (χ3n) is 3.93. The molecule has 0 fully saturated rings. The molecule has 1 unspecified atom stereocenters. The van der Waals surface area contributed by atoms with Crippen LogP contribution in [0, 0.1) is 11.3 Å². The zero-order valence-corrected chi connectivity index (χ0v) is 13.5. The van der Waals surface area contributed by atoms with Gasteiger partial charge in [0.05, 0.1) is 24.2 Å². The van der Waals surface area contributed by atoms with E-state index in [1.165, 1.54) is 12.1 Å². The molecule has 0 spiro atoms. The molecular weight excluding hydrogens is 320 g/mol. The fourth-order valence-corrected chi connectivity index (χ4v) is 2.88. The normalized spacial score (nSPS) is 15.8. The van der Waals surface area contributed by atoms with Crippen molar-refractivity contribution in [3.8, 4) is 17.6 Å². The molecule has 1 aliphatic heterocycles. The second kappa shape index (κ2) is 6.57. The van der Waals surface area contributed by atoms with Crippen molar-refractivity contribution >= 4 is 5.97 Å². The van der Waals surface area contributed by atoms with Gasteiger partial charge in [-0.2, -0.15) is 5.26 Å². The number of hydrogen-bond donors (Lipinski definition) is 2. The van der Waals surface area contributed by atoms with E-state index in [1.54, 1.807) is 37.3 Å². The van der Waals surface area contributed by atoms with Crippen LogP contribution in [0.5, 0.6) is 11.5 Å². The number of nitrogens with two attached hydrogens (primary N) is 1. The summed E-state index contributed by atoms with van der Waals surface area (Å²) in [5.74, 6) is -0.833. The van der Waals surface area contributed by atoms with Gasteiger partial charge in [-0.3, -0.25) is 0 Å². The van der Waals surface area contributed by atoms with Crippen LogP contribution in [0.15, 0.2) is 53.9 Å². The number of ether oxygens (including phenoxy) is 2. The van der Waals surface area contributed by atoms with Crippen LogP contribution in [0.3, 0.4) is 0 Å². The molecule has 126 valence electrons. The van der Waals surface area contributed by atoms with Crippen molar-refractivity contribution in [1.29, 1.82) is 5.26 Å². The topological polar surface area (TPSA) is 106 Å². The average molecular weight is 336 g/mol. The number of aromatic hydroxyl groups is 1. The fraction of sp³-hybridized carbons (Fsp3) is 0.158. The second-order valence-electron chi connectivity index (χ2n) is 5.49. The number of fused-ring (bicyclic) bond motifs is 1. The highest BCUT2D eigenvalue weighted by Crippen LogP contribution is 2.43.